The van der Waals surface area contributed by atoms with Gasteiger partial charge in [-0.3, -0.25) is 9.69 Å². The van der Waals surface area contributed by atoms with Gasteiger partial charge in [0.05, 0.1) is 40.4 Å². The van der Waals surface area contributed by atoms with E-state index < -0.39 is 15.9 Å². The van der Waals surface area contributed by atoms with Crippen molar-refractivity contribution in [3.8, 4) is 5.75 Å². The summed E-state index contributed by atoms with van der Waals surface area (Å²) in [7, 11) is -3.65. The summed E-state index contributed by atoms with van der Waals surface area (Å²) in [5.41, 5.74) is 2.04. The fourth-order valence-corrected chi connectivity index (χ4v) is 5.36. The number of rotatable bonds is 8. The summed E-state index contributed by atoms with van der Waals surface area (Å²) in [4.78, 5) is 22.0. The zero-order valence-corrected chi connectivity index (χ0v) is 20.4. The van der Waals surface area contributed by atoms with Crippen LogP contribution < -0.4 is 14.4 Å². The van der Waals surface area contributed by atoms with Crippen LogP contribution in [-0.2, 0) is 16.6 Å². The number of anilines is 1. The number of nitrogens with one attached hydrogen (secondary N) is 1. The van der Waals surface area contributed by atoms with Crippen LogP contribution >= 0.6 is 11.3 Å². The Morgan fingerprint density at radius 1 is 1.12 bits per heavy atom. The van der Waals surface area contributed by atoms with E-state index in [2.05, 4.69) is 20.6 Å². The lowest BCUT2D eigenvalue weighted by molar-refractivity contribution is 0.0981. The number of thiazole rings is 1. The molecule has 0 radical (unpaired) electrons. The first-order valence-electron chi connectivity index (χ1n) is 11.0. The van der Waals surface area contributed by atoms with E-state index in [-0.39, 0.29) is 5.75 Å². The Balaban J connectivity index is 1.48. The van der Waals surface area contributed by atoms with Crippen molar-refractivity contribution in [3.63, 3.8) is 0 Å². The minimum absolute atomic E-state index is 0.157. The number of amides is 1. The van der Waals surface area contributed by atoms with Gasteiger partial charge in [0.1, 0.15) is 10.8 Å². The predicted molar refractivity (Wildman–Crippen MR) is 132 cm³/mol. The highest BCUT2D eigenvalue weighted by atomic mass is 32.2. The van der Waals surface area contributed by atoms with Gasteiger partial charge in [-0.25, -0.2) is 18.1 Å². The number of fused-ring (bicyclic) bond motifs is 1. The Labute approximate surface area is 198 Å². The SMILES string of the molecule is CCOc1ccc(C(=O)NS(=O)(=O)CC)c(N2CCN(Cc3nc4ccccc4s3)CC2)c1. The van der Waals surface area contributed by atoms with Gasteiger partial charge in [-0.15, -0.1) is 11.3 Å². The van der Waals surface area contributed by atoms with Crippen molar-refractivity contribution in [3.05, 3.63) is 53.0 Å². The second-order valence-electron chi connectivity index (χ2n) is 7.79. The zero-order chi connectivity index (χ0) is 23.4. The molecule has 1 aromatic heterocycles. The summed E-state index contributed by atoms with van der Waals surface area (Å²) in [5.74, 6) is -0.124. The lowest BCUT2D eigenvalue weighted by Gasteiger charge is -2.36. The van der Waals surface area contributed by atoms with Crippen molar-refractivity contribution in [2.24, 2.45) is 0 Å². The quantitative estimate of drug-likeness (QED) is 0.521. The molecule has 4 rings (SSSR count). The Morgan fingerprint density at radius 2 is 1.88 bits per heavy atom. The molecule has 1 saturated heterocycles. The molecule has 1 aliphatic heterocycles. The Morgan fingerprint density at radius 3 is 2.58 bits per heavy atom. The number of benzene rings is 2. The summed E-state index contributed by atoms with van der Waals surface area (Å²) in [6, 6.07) is 13.3. The molecular weight excluding hydrogens is 460 g/mol. The van der Waals surface area contributed by atoms with Crippen molar-refractivity contribution in [1.29, 1.82) is 0 Å². The summed E-state index contributed by atoms with van der Waals surface area (Å²) >= 11 is 1.72. The highest BCUT2D eigenvalue weighted by Crippen LogP contribution is 2.29. The van der Waals surface area contributed by atoms with E-state index in [0.29, 0.717) is 36.7 Å². The van der Waals surface area contributed by atoms with E-state index in [0.717, 1.165) is 30.2 Å². The van der Waals surface area contributed by atoms with Crippen LogP contribution in [0.25, 0.3) is 10.2 Å². The van der Waals surface area contributed by atoms with E-state index in [4.69, 9.17) is 9.72 Å². The van der Waals surface area contributed by atoms with E-state index in [1.54, 1.807) is 23.5 Å². The molecule has 1 fully saturated rings. The number of carbonyl (C=O) groups is 1. The fraction of sp³-hybridized carbons (Fsp3) is 0.391. The van der Waals surface area contributed by atoms with Gasteiger partial charge in [0.15, 0.2) is 0 Å². The topological polar surface area (TPSA) is 91.8 Å². The van der Waals surface area contributed by atoms with Crippen LogP contribution in [0.15, 0.2) is 42.5 Å². The van der Waals surface area contributed by atoms with Crippen LogP contribution in [0.3, 0.4) is 0 Å². The Bertz CT molecular complexity index is 1200. The molecular formula is C23H28N4O4S2. The standard InChI is InChI=1S/C23H28N4O4S2/c1-3-31-17-9-10-18(23(28)25-33(29,30)4-2)20(15-17)27-13-11-26(12-14-27)16-22-24-19-7-5-6-8-21(19)32-22/h5-10,15H,3-4,11-14,16H2,1-2H3,(H,25,28). The largest absolute Gasteiger partial charge is 0.494 e. The Hall–Kier alpha value is -2.69. The third-order valence-electron chi connectivity index (χ3n) is 5.56. The van der Waals surface area contributed by atoms with Crippen molar-refractivity contribution in [2.45, 2.75) is 20.4 Å². The van der Waals surface area contributed by atoms with Crippen molar-refractivity contribution < 1.29 is 17.9 Å². The van der Waals surface area contributed by atoms with Crippen molar-refractivity contribution in [1.82, 2.24) is 14.6 Å². The third-order valence-corrected chi connectivity index (χ3v) is 7.84. The van der Waals surface area contributed by atoms with Crippen LogP contribution in [-0.4, -0.2) is 62.7 Å². The smallest absolute Gasteiger partial charge is 0.266 e. The monoisotopic (exact) mass is 488 g/mol. The van der Waals surface area contributed by atoms with E-state index in [1.165, 1.54) is 11.6 Å². The van der Waals surface area contributed by atoms with E-state index in [1.807, 2.05) is 31.2 Å². The highest BCUT2D eigenvalue weighted by molar-refractivity contribution is 7.90. The van der Waals surface area contributed by atoms with E-state index in [9.17, 15) is 13.2 Å². The van der Waals surface area contributed by atoms with Gasteiger partial charge in [-0.05, 0) is 38.1 Å². The van der Waals surface area contributed by atoms with Crippen LogP contribution in [0.5, 0.6) is 5.75 Å². The van der Waals surface area contributed by atoms with Crippen LogP contribution in [0.4, 0.5) is 5.69 Å². The molecule has 0 bridgehead atoms. The summed E-state index contributed by atoms with van der Waals surface area (Å²) in [6.07, 6.45) is 0. The molecule has 2 heterocycles. The average Bonchev–Trinajstić information content (AvgIpc) is 3.22. The van der Waals surface area contributed by atoms with Gasteiger partial charge in [-0.1, -0.05) is 12.1 Å². The maximum absolute atomic E-state index is 12.8. The van der Waals surface area contributed by atoms with Gasteiger partial charge in [0, 0.05) is 32.2 Å². The first kappa shape index (κ1) is 23.5. The number of sulfonamides is 1. The number of para-hydroxylation sites is 1. The predicted octanol–water partition coefficient (Wildman–Crippen LogP) is 3.10. The molecule has 1 aliphatic rings. The zero-order valence-electron chi connectivity index (χ0n) is 18.8. The van der Waals surface area contributed by atoms with Crippen LogP contribution in [0, 0.1) is 0 Å². The molecule has 0 unspecified atom stereocenters. The molecule has 10 heteroatoms. The molecule has 8 nitrogen and oxygen atoms in total. The second-order valence-corrected chi connectivity index (χ2v) is 10.9. The van der Waals surface area contributed by atoms with Gasteiger partial charge in [0.25, 0.3) is 5.91 Å². The molecule has 0 saturated carbocycles. The number of hydrogen-bond donors (Lipinski definition) is 1. The summed E-state index contributed by atoms with van der Waals surface area (Å²) in [5, 5.41) is 1.09. The van der Waals surface area contributed by atoms with E-state index >= 15 is 0 Å². The Kier molecular flexibility index (Phi) is 7.16. The number of piperazine rings is 1. The number of carbonyl (C=O) groups excluding carboxylic acids is 1. The molecule has 0 atom stereocenters. The van der Waals surface area contributed by atoms with Crippen LogP contribution in [0.1, 0.15) is 29.2 Å². The molecule has 0 aliphatic carbocycles. The number of aromatic nitrogens is 1. The average molecular weight is 489 g/mol. The first-order chi connectivity index (χ1) is 15.9. The maximum Gasteiger partial charge on any atom is 0.266 e. The van der Waals surface area contributed by atoms with Gasteiger partial charge in [0.2, 0.25) is 10.0 Å². The van der Waals surface area contributed by atoms with Crippen molar-refractivity contribution in [2.75, 3.05) is 43.4 Å². The molecule has 1 N–H and O–H groups in total. The first-order valence-corrected chi connectivity index (χ1v) is 13.5. The fourth-order valence-electron chi connectivity index (χ4n) is 3.82. The lowest BCUT2D eigenvalue weighted by atomic mass is 10.1. The van der Waals surface area contributed by atoms with Gasteiger partial charge >= 0.3 is 0 Å². The summed E-state index contributed by atoms with van der Waals surface area (Å²) < 4.78 is 32.9. The molecule has 33 heavy (non-hydrogen) atoms. The molecule has 2 aromatic carbocycles. The van der Waals surface area contributed by atoms with Crippen molar-refractivity contribution >= 4 is 43.2 Å². The van der Waals surface area contributed by atoms with Gasteiger partial charge < -0.3 is 9.64 Å². The minimum Gasteiger partial charge on any atom is -0.494 e. The molecule has 3 aromatic rings. The second kappa shape index (κ2) is 10.1. The molecule has 176 valence electrons. The maximum atomic E-state index is 12.8. The normalized spacial score (nSPS) is 15.0. The summed E-state index contributed by atoms with van der Waals surface area (Å²) in [6.45, 7) is 7.72. The third kappa shape index (κ3) is 5.63. The van der Waals surface area contributed by atoms with Gasteiger partial charge in [-0.2, -0.15) is 0 Å². The lowest BCUT2D eigenvalue weighted by Crippen LogP contribution is -2.46. The number of nitrogens with zero attached hydrogens (tertiary/aromatic N) is 3. The molecule has 0 spiro atoms. The number of hydrogen-bond acceptors (Lipinski definition) is 8. The van der Waals surface area contributed by atoms with Crippen LogP contribution in [0.2, 0.25) is 0 Å². The number of ether oxygens (including phenoxy) is 1. The minimum atomic E-state index is -3.65. The highest BCUT2D eigenvalue weighted by Gasteiger charge is 2.24. The molecule has 1 amide bonds.